The third kappa shape index (κ3) is 4.84. The Labute approximate surface area is 154 Å². The molecule has 0 amide bonds. The number of hydrazine groups is 1. The number of nitrogens with zero attached hydrogens (tertiary/aromatic N) is 1. The summed E-state index contributed by atoms with van der Waals surface area (Å²) in [4.78, 5) is 5.70. The minimum Gasteiger partial charge on any atom is -0.488 e. The summed E-state index contributed by atoms with van der Waals surface area (Å²) in [7, 11) is 0. The van der Waals surface area contributed by atoms with Crippen molar-refractivity contribution in [1.29, 1.82) is 0 Å². The predicted molar refractivity (Wildman–Crippen MR) is 92.1 cm³/mol. The summed E-state index contributed by atoms with van der Waals surface area (Å²) in [6.07, 6.45) is -2.21. The maximum absolute atomic E-state index is 12.3. The van der Waals surface area contributed by atoms with Gasteiger partial charge in [-0.25, -0.2) is 5.01 Å². The molecule has 27 heavy (non-hydrogen) atoms. The number of halogens is 3. The smallest absolute Gasteiger partial charge is 0.488 e. The Morgan fingerprint density at radius 1 is 1.04 bits per heavy atom. The van der Waals surface area contributed by atoms with E-state index >= 15 is 0 Å². The molecule has 1 aliphatic heterocycles. The number of benzene rings is 2. The van der Waals surface area contributed by atoms with Gasteiger partial charge in [-0.1, -0.05) is 23.8 Å². The topological polar surface area (TPSA) is 43.0 Å². The third-order valence-corrected chi connectivity index (χ3v) is 4.44. The van der Waals surface area contributed by atoms with Gasteiger partial charge in [0, 0.05) is 6.54 Å². The molecule has 1 N–H and O–H groups in total. The van der Waals surface area contributed by atoms with Crippen LogP contribution >= 0.6 is 0 Å². The molecule has 0 atom stereocenters. The highest BCUT2D eigenvalue weighted by molar-refractivity contribution is 5.67. The van der Waals surface area contributed by atoms with E-state index in [2.05, 4.69) is 10.3 Å². The van der Waals surface area contributed by atoms with Gasteiger partial charge < -0.3 is 14.3 Å². The summed E-state index contributed by atoms with van der Waals surface area (Å²) in [5.41, 5.74) is 4.51. The van der Waals surface area contributed by atoms with Gasteiger partial charge in [-0.15, -0.1) is 13.2 Å². The highest BCUT2D eigenvalue weighted by atomic mass is 19.4. The second kappa shape index (κ2) is 7.28. The van der Waals surface area contributed by atoms with Gasteiger partial charge in [0.15, 0.2) is 11.5 Å². The van der Waals surface area contributed by atoms with Gasteiger partial charge in [0.1, 0.15) is 12.4 Å². The molecule has 144 valence electrons. The van der Waals surface area contributed by atoms with Crippen molar-refractivity contribution in [2.45, 2.75) is 19.2 Å². The highest BCUT2D eigenvalue weighted by Gasteiger charge is 2.31. The molecule has 0 unspecified atom stereocenters. The second-order valence-corrected chi connectivity index (χ2v) is 6.66. The molecule has 0 spiro atoms. The van der Waals surface area contributed by atoms with Gasteiger partial charge in [-0.3, -0.25) is 0 Å². The summed E-state index contributed by atoms with van der Waals surface area (Å²) in [6, 6.07) is 11.1. The fourth-order valence-corrected chi connectivity index (χ4v) is 2.90. The second-order valence-electron chi connectivity index (χ2n) is 6.66. The Balaban J connectivity index is 1.49. The average molecular weight is 380 g/mol. The molecule has 0 bridgehead atoms. The van der Waals surface area contributed by atoms with E-state index in [1.807, 2.05) is 11.1 Å². The van der Waals surface area contributed by atoms with Crippen LogP contribution in [0.3, 0.4) is 0 Å². The lowest BCUT2D eigenvalue weighted by atomic mass is 10.1. The van der Waals surface area contributed by atoms with Crippen LogP contribution in [0.5, 0.6) is 17.2 Å². The molecule has 2 aromatic rings. The fraction of sp³-hybridized carbons (Fsp3) is 0.368. The maximum atomic E-state index is 12.3. The molecule has 1 saturated carbocycles. The average Bonchev–Trinajstić information content (AvgIpc) is 3.41. The quantitative estimate of drug-likeness (QED) is 0.863. The lowest BCUT2D eigenvalue weighted by Crippen LogP contribution is -2.45. The van der Waals surface area contributed by atoms with Crippen LogP contribution in [-0.2, 0) is 0 Å². The van der Waals surface area contributed by atoms with Crippen molar-refractivity contribution in [2.24, 2.45) is 5.92 Å². The Morgan fingerprint density at radius 2 is 1.78 bits per heavy atom. The monoisotopic (exact) mass is 380 g/mol. The minimum absolute atomic E-state index is 0.255. The van der Waals surface area contributed by atoms with Crippen LogP contribution in [0, 0.1) is 5.92 Å². The molecule has 1 heterocycles. The van der Waals surface area contributed by atoms with E-state index in [-0.39, 0.29) is 5.75 Å². The fourth-order valence-electron chi connectivity index (χ4n) is 2.90. The van der Waals surface area contributed by atoms with Crippen LogP contribution in [0.2, 0.25) is 0 Å². The molecular weight excluding hydrogens is 361 g/mol. The first-order valence-corrected chi connectivity index (χ1v) is 8.77. The Morgan fingerprint density at radius 3 is 2.48 bits per heavy atom. The number of hydrogen-bond acceptors (Lipinski definition) is 5. The SMILES string of the molecule is FC(F)(F)Oc1ccc(-c2ccc3c(c2)ONN(CC2CC2)CCO3)cc1. The number of nitrogens with one attached hydrogen (secondary N) is 1. The Bertz CT molecular complexity index is 792. The van der Waals surface area contributed by atoms with E-state index in [0.717, 1.165) is 24.2 Å². The number of alkyl halides is 3. The van der Waals surface area contributed by atoms with Crippen molar-refractivity contribution >= 4 is 0 Å². The van der Waals surface area contributed by atoms with Crippen molar-refractivity contribution in [3.8, 4) is 28.4 Å². The van der Waals surface area contributed by atoms with Crippen LogP contribution in [0.25, 0.3) is 11.1 Å². The van der Waals surface area contributed by atoms with Crippen molar-refractivity contribution in [3.63, 3.8) is 0 Å². The molecule has 5 nitrogen and oxygen atoms in total. The largest absolute Gasteiger partial charge is 0.573 e. The van der Waals surface area contributed by atoms with Gasteiger partial charge in [0.2, 0.25) is 0 Å². The van der Waals surface area contributed by atoms with Gasteiger partial charge in [0.25, 0.3) is 0 Å². The standard InChI is InChI=1S/C19H19F3N2O3/c20-19(21,22)26-16-6-3-14(4-7-16)15-5-8-17-18(11-15)27-23-24(9-10-25-17)12-13-1-2-13/h3-8,11,13,23H,1-2,9-10,12H2. The van der Waals surface area contributed by atoms with E-state index < -0.39 is 6.36 Å². The maximum Gasteiger partial charge on any atom is 0.573 e. The molecule has 1 fully saturated rings. The van der Waals surface area contributed by atoms with Gasteiger partial charge in [0.05, 0.1) is 6.54 Å². The predicted octanol–water partition coefficient (Wildman–Crippen LogP) is 4.16. The number of fused-ring (bicyclic) bond motifs is 1. The van der Waals surface area contributed by atoms with Crippen LogP contribution in [0.1, 0.15) is 12.8 Å². The molecular formula is C19H19F3N2O3. The van der Waals surface area contributed by atoms with Crippen molar-refractivity contribution in [1.82, 2.24) is 10.6 Å². The van der Waals surface area contributed by atoms with Crippen LogP contribution in [0.4, 0.5) is 13.2 Å². The zero-order chi connectivity index (χ0) is 18.9. The molecule has 8 heteroatoms. The first-order valence-electron chi connectivity index (χ1n) is 8.77. The molecule has 1 aliphatic carbocycles. The molecule has 0 radical (unpaired) electrons. The van der Waals surface area contributed by atoms with E-state index in [9.17, 15) is 13.2 Å². The highest BCUT2D eigenvalue weighted by Crippen LogP contribution is 2.35. The zero-order valence-corrected chi connectivity index (χ0v) is 14.5. The van der Waals surface area contributed by atoms with Gasteiger partial charge >= 0.3 is 6.36 Å². The summed E-state index contributed by atoms with van der Waals surface area (Å²) in [5.74, 6) is 1.61. The Hall–Kier alpha value is -2.45. The summed E-state index contributed by atoms with van der Waals surface area (Å²) in [5, 5.41) is 2.00. The number of rotatable bonds is 4. The molecule has 0 aromatic heterocycles. The first-order chi connectivity index (χ1) is 13.0. The summed E-state index contributed by atoms with van der Waals surface area (Å²) >= 11 is 0. The Kier molecular flexibility index (Phi) is 4.84. The molecule has 2 aromatic carbocycles. The number of hydrogen-bond donors (Lipinski definition) is 1. The van der Waals surface area contributed by atoms with Gasteiger partial charge in [-0.05, 0) is 54.2 Å². The van der Waals surface area contributed by atoms with Crippen LogP contribution < -0.4 is 19.9 Å². The van der Waals surface area contributed by atoms with Crippen molar-refractivity contribution in [2.75, 3.05) is 19.7 Å². The van der Waals surface area contributed by atoms with E-state index in [4.69, 9.17) is 9.57 Å². The number of ether oxygens (including phenoxy) is 2. The van der Waals surface area contributed by atoms with Crippen molar-refractivity contribution < 1.29 is 27.5 Å². The van der Waals surface area contributed by atoms with Crippen LogP contribution in [0.15, 0.2) is 42.5 Å². The van der Waals surface area contributed by atoms with E-state index in [1.165, 1.54) is 25.0 Å². The zero-order valence-electron chi connectivity index (χ0n) is 14.5. The molecule has 0 saturated heterocycles. The minimum atomic E-state index is -4.70. The third-order valence-electron chi connectivity index (χ3n) is 4.44. The lowest BCUT2D eigenvalue weighted by Gasteiger charge is -2.26. The summed E-state index contributed by atoms with van der Waals surface area (Å²) < 4.78 is 46.5. The first kappa shape index (κ1) is 17.9. The lowest BCUT2D eigenvalue weighted by molar-refractivity contribution is -0.274. The van der Waals surface area contributed by atoms with Crippen LogP contribution in [-0.4, -0.2) is 31.1 Å². The van der Waals surface area contributed by atoms with E-state index in [1.54, 1.807) is 24.3 Å². The normalized spacial score (nSPS) is 17.9. The molecule has 4 rings (SSSR count). The molecule has 2 aliphatic rings. The summed E-state index contributed by atoms with van der Waals surface area (Å²) in [6.45, 7) is 2.18. The van der Waals surface area contributed by atoms with Crippen molar-refractivity contribution in [3.05, 3.63) is 42.5 Å². The van der Waals surface area contributed by atoms with Gasteiger partial charge in [-0.2, -0.15) is 0 Å². The van der Waals surface area contributed by atoms with E-state index in [0.29, 0.717) is 24.0 Å².